The van der Waals surface area contributed by atoms with Gasteiger partial charge in [-0.1, -0.05) is 26.8 Å². The Bertz CT molecular complexity index is 424. The Kier molecular flexibility index (Phi) is 5.87. The molecule has 0 bridgehead atoms. The van der Waals surface area contributed by atoms with Crippen LogP contribution in [0.15, 0.2) is 18.2 Å². The number of carbonyl (C=O) groups is 1. The van der Waals surface area contributed by atoms with E-state index in [0.717, 1.165) is 11.3 Å². The quantitative estimate of drug-likeness (QED) is 0.732. The van der Waals surface area contributed by atoms with Gasteiger partial charge in [0.1, 0.15) is 5.75 Å². The highest BCUT2D eigenvalue weighted by atomic mass is 16.6. The number of rotatable bonds is 6. The zero-order valence-electron chi connectivity index (χ0n) is 12.5. The van der Waals surface area contributed by atoms with E-state index in [1.165, 1.54) is 5.56 Å². The largest absolute Gasteiger partial charge is 0.479 e. The van der Waals surface area contributed by atoms with E-state index >= 15 is 0 Å². The number of hydrogen-bond donors (Lipinski definition) is 0. The van der Waals surface area contributed by atoms with Crippen LogP contribution in [0, 0.1) is 6.92 Å². The molecule has 0 aromatic heterocycles. The summed E-state index contributed by atoms with van der Waals surface area (Å²) < 4.78 is 10.8. The van der Waals surface area contributed by atoms with Gasteiger partial charge in [-0.15, -0.1) is 0 Å². The van der Waals surface area contributed by atoms with E-state index in [0.29, 0.717) is 18.9 Å². The minimum Gasteiger partial charge on any atom is -0.479 e. The highest BCUT2D eigenvalue weighted by Crippen LogP contribution is 2.24. The third-order valence-electron chi connectivity index (χ3n) is 2.94. The first-order valence-electron chi connectivity index (χ1n) is 6.92. The van der Waals surface area contributed by atoms with Crippen LogP contribution in [0.25, 0.3) is 0 Å². The molecule has 19 heavy (non-hydrogen) atoms. The minimum absolute atomic E-state index is 0.294. The summed E-state index contributed by atoms with van der Waals surface area (Å²) in [5.41, 5.74) is 2.36. The van der Waals surface area contributed by atoms with Crippen molar-refractivity contribution in [3.63, 3.8) is 0 Å². The fraction of sp³-hybridized carbons (Fsp3) is 0.562. The van der Waals surface area contributed by atoms with Crippen molar-refractivity contribution in [2.45, 2.75) is 53.1 Å². The zero-order chi connectivity index (χ0) is 14.4. The van der Waals surface area contributed by atoms with E-state index in [9.17, 15) is 4.79 Å². The molecule has 106 valence electrons. The Morgan fingerprint density at radius 2 is 1.89 bits per heavy atom. The SMILES string of the molecule is CCOC(=O)C(CC)Oc1cc(C)cc(C(C)C)c1. The Morgan fingerprint density at radius 1 is 1.21 bits per heavy atom. The molecule has 0 saturated carbocycles. The van der Waals surface area contributed by atoms with Crippen molar-refractivity contribution >= 4 is 5.97 Å². The molecule has 0 aliphatic rings. The van der Waals surface area contributed by atoms with Crippen LogP contribution < -0.4 is 4.74 Å². The number of esters is 1. The smallest absolute Gasteiger partial charge is 0.347 e. The predicted molar refractivity (Wildman–Crippen MR) is 76.6 cm³/mol. The maximum atomic E-state index is 11.7. The van der Waals surface area contributed by atoms with Crippen LogP contribution in [0.2, 0.25) is 0 Å². The zero-order valence-corrected chi connectivity index (χ0v) is 12.5. The van der Waals surface area contributed by atoms with Gasteiger partial charge in [-0.25, -0.2) is 4.79 Å². The van der Waals surface area contributed by atoms with Crippen LogP contribution in [0.4, 0.5) is 0 Å². The summed E-state index contributed by atoms with van der Waals surface area (Å²) in [5.74, 6) is 0.881. The molecule has 0 radical (unpaired) electrons. The average Bonchev–Trinajstić information content (AvgIpc) is 2.35. The Balaban J connectivity index is 2.87. The van der Waals surface area contributed by atoms with Gasteiger partial charge >= 0.3 is 5.97 Å². The summed E-state index contributed by atoms with van der Waals surface area (Å²) in [6.45, 7) is 10.4. The van der Waals surface area contributed by atoms with Gasteiger partial charge in [0, 0.05) is 0 Å². The molecule has 0 fully saturated rings. The second kappa shape index (κ2) is 7.17. The molecule has 0 aliphatic heterocycles. The first kappa shape index (κ1) is 15.5. The number of carbonyl (C=O) groups excluding carboxylic acids is 1. The third-order valence-corrected chi connectivity index (χ3v) is 2.94. The Hall–Kier alpha value is -1.51. The summed E-state index contributed by atoms with van der Waals surface area (Å²) in [5, 5.41) is 0. The molecule has 0 spiro atoms. The molecule has 0 amide bonds. The van der Waals surface area contributed by atoms with E-state index in [1.807, 2.05) is 26.0 Å². The number of ether oxygens (including phenoxy) is 2. The molecule has 0 saturated heterocycles. The predicted octanol–water partition coefficient (Wildman–Crippen LogP) is 3.84. The van der Waals surface area contributed by atoms with Gasteiger partial charge in [-0.2, -0.15) is 0 Å². The molecular formula is C16H24O3. The van der Waals surface area contributed by atoms with Crippen molar-refractivity contribution in [3.8, 4) is 5.75 Å². The molecule has 1 rings (SSSR count). The molecule has 0 heterocycles. The first-order chi connectivity index (χ1) is 8.97. The summed E-state index contributed by atoms with van der Waals surface area (Å²) in [7, 11) is 0. The van der Waals surface area contributed by atoms with Crippen molar-refractivity contribution < 1.29 is 14.3 Å². The van der Waals surface area contributed by atoms with Crippen molar-refractivity contribution in [1.29, 1.82) is 0 Å². The van der Waals surface area contributed by atoms with Gasteiger partial charge in [-0.05, 0) is 49.4 Å². The van der Waals surface area contributed by atoms with Gasteiger partial charge < -0.3 is 9.47 Å². The second-order valence-electron chi connectivity index (χ2n) is 5.00. The summed E-state index contributed by atoms with van der Waals surface area (Å²) in [4.78, 5) is 11.7. The standard InChI is InChI=1S/C16H24O3/c1-6-15(16(17)18-7-2)19-14-9-12(5)8-13(10-14)11(3)4/h8-11,15H,6-7H2,1-5H3. The van der Waals surface area contributed by atoms with E-state index < -0.39 is 6.10 Å². The van der Waals surface area contributed by atoms with Gasteiger partial charge in [0.2, 0.25) is 0 Å². The topological polar surface area (TPSA) is 35.5 Å². The minimum atomic E-state index is -0.526. The van der Waals surface area contributed by atoms with Crippen LogP contribution in [0.5, 0.6) is 5.75 Å². The number of hydrogen-bond acceptors (Lipinski definition) is 3. The van der Waals surface area contributed by atoms with Gasteiger partial charge in [0.05, 0.1) is 6.61 Å². The van der Waals surface area contributed by atoms with Crippen molar-refractivity contribution in [2.75, 3.05) is 6.61 Å². The van der Waals surface area contributed by atoms with Gasteiger partial charge in [-0.3, -0.25) is 0 Å². The number of benzene rings is 1. The van der Waals surface area contributed by atoms with Crippen LogP contribution in [-0.4, -0.2) is 18.7 Å². The van der Waals surface area contributed by atoms with E-state index in [1.54, 1.807) is 6.92 Å². The molecular weight excluding hydrogens is 240 g/mol. The fourth-order valence-corrected chi connectivity index (χ4v) is 1.88. The lowest BCUT2D eigenvalue weighted by molar-refractivity contribution is -0.151. The van der Waals surface area contributed by atoms with E-state index in [2.05, 4.69) is 19.9 Å². The molecule has 1 aromatic rings. The molecule has 0 N–H and O–H groups in total. The Labute approximate surface area is 115 Å². The van der Waals surface area contributed by atoms with Gasteiger partial charge in [0.15, 0.2) is 6.10 Å². The van der Waals surface area contributed by atoms with E-state index in [4.69, 9.17) is 9.47 Å². The maximum Gasteiger partial charge on any atom is 0.347 e. The maximum absolute atomic E-state index is 11.7. The summed E-state index contributed by atoms with van der Waals surface area (Å²) in [6.07, 6.45) is 0.0748. The third kappa shape index (κ3) is 4.58. The number of aryl methyl sites for hydroxylation is 1. The fourth-order valence-electron chi connectivity index (χ4n) is 1.88. The van der Waals surface area contributed by atoms with Crippen LogP contribution in [-0.2, 0) is 9.53 Å². The molecule has 3 heteroatoms. The average molecular weight is 264 g/mol. The highest BCUT2D eigenvalue weighted by Gasteiger charge is 2.19. The summed E-state index contributed by atoms with van der Waals surface area (Å²) in [6, 6.07) is 6.09. The monoisotopic (exact) mass is 264 g/mol. The lowest BCUT2D eigenvalue weighted by atomic mass is 10.0. The molecule has 1 atom stereocenters. The highest BCUT2D eigenvalue weighted by molar-refractivity contribution is 5.75. The molecule has 1 unspecified atom stereocenters. The molecule has 1 aromatic carbocycles. The second-order valence-corrected chi connectivity index (χ2v) is 5.00. The van der Waals surface area contributed by atoms with Crippen molar-refractivity contribution in [1.82, 2.24) is 0 Å². The molecule has 3 nitrogen and oxygen atoms in total. The first-order valence-corrected chi connectivity index (χ1v) is 6.92. The Morgan fingerprint density at radius 3 is 2.42 bits per heavy atom. The lowest BCUT2D eigenvalue weighted by Gasteiger charge is -2.18. The van der Waals surface area contributed by atoms with Crippen LogP contribution >= 0.6 is 0 Å². The van der Waals surface area contributed by atoms with Crippen LogP contribution in [0.3, 0.4) is 0 Å². The normalized spacial score (nSPS) is 12.3. The molecule has 0 aliphatic carbocycles. The van der Waals surface area contributed by atoms with Gasteiger partial charge in [0.25, 0.3) is 0 Å². The van der Waals surface area contributed by atoms with Crippen molar-refractivity contribution in [2.24, 2.45) is 0 Å². The van der Waals surface area contributed by atoms with Crippen molar-refractivity contribution in [3.05, 3.63) is 29.3 Å². The lowest BCUT2D eigenvalue weighted by Crippen LogP contribution is -2.28. The van der Waals surface area contributed by atoms with E-state index in [-0.39, 0.29) is 5.97 Å². The summed E-state index contributed by atoms with van der Waals surface area (Å²) >= 11 is 0. The van der Waals surface area contributed by atoms with Crippen LogP contribution in [0.1, 0.15) is 51.2 Å².